The van der Waals surface area contributed by atoms with Crippen LogP contribution in [0.25, 0.3) is 0 Å². The summed E-state index contributed by atoms with van der Waals surface area (Å²) in [6, 6.07) is 10.5. The van der Waals surface area contributed by atoms with E-state index in [9.17, 15) is 4.79 Å². The summed E-state index contributed by atoms with van der Waals surface area (Å²) in [6.07, 6.45) is 0. The summed E-state index contributed by atoms with van der Waals surface area (Å²) in [5, 5.41) is 7.42. The first-order chi connectivity index (χ1) is 11.0. The van der Waals surface area contributed by atoms with Crippen molar-refractivity contribution in [3.63, 3.8) is 0 Å². The fourth-order valence-corrected chi connectivity index (χ4v) is 3.01. The third-order valence-electron chi connectivity index (χ3n) is 3.05. The standard InChI is InChI=1S/C14H12ClN5OS2/c15-10-4-1-3-9(7-10)11(21)8-19-14(22)20(13(16)18-19)17-12-5-2-6-23-12/h1-7,17H,8H2,(H2,16,18). The molecule has 9 heteroatoms. The van der Waals surface area contributed by atoms with Crippen LogP contribution in [0.5, 0.6) is 0 Å². The van der Waals surface area contributed by atoms with Gasteiger partial charge in [-0.1, -0.05) is 23.7 Å². The number of anilines is 2. The number of hydrogen-bond donors (Lipinski definition) is 2. The minimum Gasteiger partial charge on any atom is -0.366 e. The smallest absolute Gasteiger partial charge is 0.240 e. The minimum absolute atomic E-state index is 0.0114. The van der Waals surface area contributed by atoms with Crippen molar-refractivity contribution >= 4 is 51.9 Å². The van der Waals surface area contributed by atoms with E-state index in [0.717, 1.165) is 5.00 Å². The average Bonchev–Trinajstić information content (AvgIpc) is 3.12. The number of Topliss-reactive ketones (excluding diaryl/α,β-unsaturated/α-hetero) is 1. The molecular formula is C14H12ClN5OS2. The van der Waals surface area contributed by atoms with E-state index in [1.165, 1.54) is 20.7 Å². The SMILES string of the molecule is Nc1nn(CC(=O)c2cccc(Cl)c2)c(=S)n1Nc1cccs1. The zero-order valence-electron chi connectivity index (χ0n) is 11.8. The van der Waals surface area contributed by atoms with Gasteiger partial charge in [-0.2, -0.15) is 4.68 Å². The number of rotatable bonds is 5. The molecule has 0 saturated carbocycles. The van der Waals surface area contributed by atoms with Crippen LogP contribution in [0.4, 0.5) is 10.9 Å². The van der Waals surface area contributed by atoms with Crippen LogP contribution in [0.3, 0.4) is 0 Å². The maximum Gasteiger partial charge on any atom is 0.240 e. The zero-order chi connectivity index (χ0) is 16.4. The molecule has 3 aromatic rings. The van der Waals surface area contributed by atoms with E-state index in [0.29, 0.717) is 15.4 Å². The lowest BCUT2D eigenvalue weighted by molar-refractivity contribution is 0.0967. The molecule has 0 unspecified atom stereocenters. The Kier molecular flexibility index (Phi) is 4.46. The van der Waals surface area contributed by atoms with E-state index < -0.39 is 0 Å². The van der Waals surface area contributed by atoms with Gasteiger partial charge in [0.05, 0.1) is 0 Å². The number of carbonyl (C=O) groups excluding carboxylic acids is 1. The second kappa shape index (κ2) is 6.53. The van der Waals surface area contributed by atoms with E-state index in [4.69, 9.17) is 29.6 Å². The van der Waals surface area contributed by atoms with Crippen molar-refractivity contribution in [1.82, 2.24) is 14.5 Å². The van der Waals surface area contributed by atoms with Crippen LogP contribution in [-0.2, 0) is 6.54 Å². The number of hydrogen-bond acceptors (Lipinski definition) is 6. The largest absolute Gasteiger partial charge is 0.366 e. The van der Waals surface area contributed by atoms with E-state index in [-0.39, 0.29) is 18.3 Å². The van der Waals surface area contributed by atoms with Gasteiger partial charge in [0.1, 0.15) is 11.5 Å². The monoisotopic (exact) mass is 365 g/mol. The van der Waals surface area contributed by atoms with Gasteiger partial charge in [0.2, 0.25) is 10.7 Å². The Labute approximate surface area is 146 Å². The summed E-state index contributed by atoms with van der Waals surface area (Å²) in [5.74, 6) is 0.0340. The van der Waals surface area contributed by atoms with Gasteiger partial charge >= 0.3 is 0 Å². The molecule has 0 radical (unpaired) electrons. The third kappa shape index (κ3) is 3.44. The number of benzene rings is 1. The molecule has 6 nitrogen and oxygen atoms in total. The Hall–Kier alpha value is -2.16. The Morgan fingerprint density at radius 1 is 1.39 bits per heavy atom. The summed E-state index contributed by atoms with van der Waals surface area (Å²) in [7, 11) is 0. The molecule has 0 aliphatic heterocycles. The van der Waals surface area contributed by atoms with Gasteiger partial charge in [-0.25, -0.2) is 4.68 Å². The molecule has 2 heterocycles. The van der Waals surface area contributed by atoms with Crippen molar-refractivity contribution in [2.24, 2.45) is 0 Å². The Morgan fingerprint density at radius 3 is 2.91 bits per heavy atom. The maximum atomic E-state index is 12.3. The predicted octanol–water partition coefficient (Wildman–Crippen LogP) is 3.47. The maximum absolute atomic E-state index is 12.3. The molecule has 2 aromatic heterocycles. The average molecular weight is 366 g/mol. The van der Waals surface area contributed by atoms with Crippen molar-refractivity contribution < 1.29 is 4.79 Å². The van der Waals surface area contributed by atoms with Gasteiger partial charge < -0.3 is 5.73 Å². The number of halogens is 1. The van der Waals surface area contributed by atoms with Gasteiger partial charge in [0.15, 0.2) is 5.78 Å². The minimum atomic E-state index is -0.149. The first-order valence-electron chi connectivity index (χ1n) is 6.59. The molecule has 1 aromatic carbocycles. The van der Waals surface area contributed by atoms with Crippen LogP contribution in [0.1, 0.15) is 10.4 Å². The highest BCUT2D eigenvalue weighted by atomic mass is 35.5. The van der Waals surface area contributed by atoms with Crippen LogP contribution in [-0.4, -0.2) is 20.2 Å². The molecule has 0 aliphatic rings. The van der Waals surface area contributed by atoms with Crippen LogP contribution < -0.4 is 11.2 Å². The molecule has 0 aliphatic carbocycles. The Balaban J connectivity index is 1.84. The highest BCUT2D eigenvalue weighted by Gasteiger charge is 2.13. The molecular weight excluding hydrogens is 354 g/mol. The number of nitrogens with zero attached hydrogens (tertiary/aromatic N) is 3. The van der Waals surface area contributed by atoms with Crippen molar-refractivity contribution in [1.29, 1.82) is 0 Å². The predicted molar refractivity (Wildman–Crippen MR) is 94.6 cm³/mol. The van der Waals surface area contributed by atoms with E-state index >= 15 is 0 Å². The molecule has 0 fully saturated rings. The molecule has 0 atom stereocenters. The van der Waals surface area contributed by atoms with Gasteiger partial charge in [0.25, 0.3) is 0 Å². The highest BCUT2D eigenvalue weighted by molar-refractivity contribution is 7.71. The van der Waals surface area contributed by atoms with E-state index in [1.54, 1.807) is 24.3 Å². The van der Waals surface area contributed by atoms with Crippen molar-refractivity contribution in [2.45, 2.75) is 6.54 Å². The van der Waals surface area contributed by atoms with Gasteiger partial charge in [-0.15, -0.1) is 16.4 Å². The summed E-state index contributed by atoms with van der Waals surface area (Å²) in [6.45, 7) is -0.0114. The van der Waals surface area contributed by atoms with Crippen LogP contribution >= 0.6 is 35.2 Å². The number of nitrogen functional groups attached to an aromatic ring is 1. The van der Waals surface area contributed by atoms with Crippen molar-refractivity contribution in [2.75, 3.05) is 11.2 Å². The van der Waals surface area contributed by atoms with Crippen LogP contribution in [0.2, 0.25) is 5.02 Å². The zero-order valence-corrected chi connectivity index (χ0v) is 14.2. The third-order valence-corrected chi connectivity index (χ3v) is 4.45. The Bertz CT molecular complexity index is 900. The van der Waals surface area contributed by atoms with E-state index in [2.05, 4.69) is 10.5 Å². The quantitative estimate of drug-likeness (QED) is 0.534. The van der Waals surface area contributed by atoms with Crippen LogP contribution in [0.15, 0.2) is 41.8 Å². The molecule has 3 N–H and O–H groups in total. The first kappa shape index (κ1) is 15.7. The second-order valence-electron chi connectivity index (χ2n) is 4.66. The molecule has 118 valence electrons. The van der Waals surface area contributed by atoms with Gasteiger partial charge in [-0.3, -0.25) is 10.2 Å². The number of nitrogens with two attached hydrogens (primary N) is 1. The first-order valence-corrected chi connectivity index (χ1v) is 8.26. The molecule has 0 amide bonds. The number of nitrogens with one attached hydrogen (secondary N) is 1. The summed E-state index contributed by atoms with van der Waals surface area (Å²) in [5.41, 5.74) is 9.42. The number of aromatic nitrogens is 3. The van der Waals surface area contributed by atoms with Crippen molar-refractivity contribution in [3.8, 4) is 0 Å². The number of thiophene rings is 1. The number of carbonyl (C=O) groups is 1. The highest BCUT2D eigenvalue weighted by Crippen LogP contribution is 2.17. The van der Waals surface area contributed by atoms with Gasteiger partial charge in [-0.05, 0) is 41.9 Å². The summed E-state index contributed by atoms with van der Waals surface area (Å²) in [4.78, 5) is 12.3. The fraction of sp³-hybridized carbons (Fsp3) is 0.0714. The van der Waals surface area contributed by atoms with E-state index in [1.807, 2.05) is 17.5 Å². The lowest BCUT2D eigenvalue weighted by Crippen LogP contribution is -2.14. The summed E-state index contributed by atoms with van der Waals surface area (Å²) < 4.78 is 3.16. The van der Waals surface area contributed by atoms with Crippen LogP contribution in [0, 0.1) is 4.77 Å². The number of ketones is 1. The Morgan fingerprint density at radius 2 is 2.22 bits per heavy atom. The summed E-state index contributed by atoms with van der Waals surface area (Å²) >= 11 is 12.7. The molecule has 0 bridgehead atoms. The molecule has 3 rings (SSSR count). The topological polar surface area (TPSA) is 77.9 Å². The van der Waals surface area contributed by atoms with Gasteiger partial charge in [0, 0.05) is 10.6 Å². The molecule has 0 saturated heterocycles. The molecule has 0 spiro atoms. The molecule has 23 heavy (non-hydrogen) atoms. The normalized spacial score (nSPS) is 10.7. The fourth-order valence-electron chi connectivity index (χ4n) is 1.97. The van der Waals surface area contributed by atoms with Crippen molar-refractivity contribution in [3.05, 3.63) is 57.1 Å². The lowest BCUT2D eigenvalue weighted by Gasteiger charge is -2.04. The lowest BCUT2D eigenvalue weighted by atomic mass is 10.1. The second-order valence-corrected chi connectivity index (χ2v) is 6.41.